The molecule has 2 aromatic carbocycles. The SMILES string of the molecule is CCOc1ccc(S(=O)(=O)NC(Cc2ccccc2)C(=O)NCCCOC(C)C)cc1Cl. The fourth-order valence-corrected chi connectivity index (χ4v) is 4.46. The van der Waals surface area contributed by atoms with E-state index < -0.39 is 22.0 Å². The molecule has 0 saturated heterocycles. The van der Waals surface area contributed by atoms with Gasteiger partial charge in [0, 0.05) is 13.2 Å². The van der Waals surface area contributed by atoms with Crippen molar-refractivity contribution >= 4 is 27.5 Å². The number of nitrogens with one attached hydrogen (secondary N) is 2. The van der Waals surface area contributed by atoms with E-state index in [0.29, 0.717) is 31.9 Å². The Kier molecular flexibility index (Phi) is 10.4. The topological polar surface area (TPSA) is 93.7 Å². The summed E-state index contributed by atoms with van der Waals surface area (Å²) in [6.45, 7) is 6.99. The van der Waals surface area contributed by atoms with Gasteiger partial charge in [-0.15, -0.1) is 0 Å². The van der Waals surface area contributed by atoms with Crippen LogP contribution in [0.1, 0.15) is 32.8 Å². The second-order valence-electron chi connectivity index (χ2n) is 7.45. The van der Waals surface area contributed by atoms with Crippen molar-refractivity contribution in [2.24, 2.45) is 0 Å². The minimum atomic E-state index is -4.00. The fraction of sp³-hybridized carbons (Fsp3) is 0.435. The summed E-state index contributed by atoms with van der Waals surface area (Å²) in [5, 5.41) is 2.98. The van der Waals surface area contributed by atoms with Gasteiger partial charge < -0.3 is 14.8 Å². The molecule has 0 fully saturated rings. The maximum atomic E-state index is 13.0. The van der Waals surface area contributed by atoms with Gasteiger partial charge in [-0.25, -0.2) is 8.42 Å². The molecule has 1 atom stereocenters. The number of hydrogen-bond donors (Lipinski definition) is 2. The molecule has 2 N–H and O–H groups in total. The standard InChI is InChI=1S/C23H31ClN2O5S/c1-4-30-22-12-11-19(16-20(22)24)32(28,29)26-21(15-18-9-6-5-7-10-18)23(27)25-13-8-14-31-17(2)3/h5-7,9-12,16-17,21,26H,4,8,13-15H2,1-3H3,(H,25,27). The van der Waals surface area contributed by atoms with E-state index in [4.69, 9.17) is 21.1 Å². The summed E-state index contributed by atoms with van der Waals surface area (Å²) >= 11 is 6.16. The Hall–Kier alpha value is -2.13. The summed E-state index contributed by atoms with van der Waals surface area (Å²) in [4.78, 5) is 12.8. The smallest absolute Gasteiger partial charge is 0.241 e. The maximum absolute atomic E-state index is 13.0. The molecule has 32 heavy (non-hydrogen) atoms. The molecule has 0 aromatic heterocycles. The Labute approximate surface area is 195 Å². The lowest BCUT2D eigenvalue weighted by Crippen LogP contribution is -2.48. The van der Waals surface area contributed by atoms with E-state index >= 15 is 0 Å². The van der Waals surface area contributed by atoms with Crippen molar-refractivity contribution in [3.05, 3.63) is 59.1 Å². The van der Waals surface area contributed by atoms with Gasteiger partial charge in [-0.05, 0) is 57.4 Å². The fourth-order valence-electron chi connectivity index (χ4n) is 2.94. The number of carbonyl (C=O) groups excluding carboxylic acids is 1. The molecule has 0 heterocycles. The molecule has 9 heteroatoms. The van der Waals surface area contributed by atoms with Crippen LogP contribution in [0.15, 0.2) is 53.4 Å². The van der Waals surface area contributed by atoms with Crippen LogP contribution in [-0.4, -0.2) is 46.2 Å². The quantitative estimate of drug-likeness (QED) is 0.426. The van der Waals surface area contributed by atoms with E-state index in [1.54, 1.807) is 0 Å². The highest BCUT2D eigenvalue weighted by Crippen LogP contribution is 2.27. The van der Waals surface area contributed by atoms with Crippen LogP contribution in [0.5, 0.6) is 5.75 Å². The minimum absolute atomic E-state index is 0.0397. The Bertz CT molecular complexity index is 968. The first kappa shape index (κ1) is 26.1. The summed E-state index contributed by atoms with van der Waals surface area (Å²) in [7, 11) is -4.00. The van der Waals surface area contributed by atoms with Crippen molar-refractivity contribution < 1.29 is 22.7 Å². The third kappa shape index (κ3) is 8.43. The van der Waals surface area contributed by atoms with Crippen LogP contribution in [0.2, 0.25) is 5.02 Å². The number of hydrogen-bond acceptors (Lipinski definition) is 5. The predicted octanol–water partition coefficient (Wildman–Crippen LogP) is 3.56. The highest BCUT2D eigenvalue weighted by atomic mass is 35.5. The number of carbonyl (C=O) groups is 1. The molecule has 7 nitrogen and oxygen atoms in total. The molecule has 0 aliphatic rings. The average molecular weight is 483 g/mol. The highest BCUT2D eigenvalue weighted by Gasteiger charge is 2.26. The van der Waals surface area contributed by atoms with Crippen LogP contribution in [0.4, 0.5) is 0 Å². The monoisotopic (exact) mass is 482 g/mol. The summed E-state index contributed by atoms with van der Waals surface area (Å²) in [5.41, 5.74) is 0.836. The van der Waals surface area contributed by atoms with E-state index in [-0.39, 0.29) is 22.4 Å². The molecule has 0 aliphatic carbocycles. The van der Waals surface area contributed by atoms with Gasteiger partial charge in [-0.3, -0.25) is 4.79 Å². The van der Waals surface area contributed by atoms with Crippen molar-refractivity contribution in [2.75, 3.05) is 19.8 Å². The molecule has 0 aliphatic heterocycles. The molecular weight excluding hydrogens is 452 g/mol. The van der Waals surface area contributed by atoms with Crippen LogP contribution in [-0.2, 0) is 26.0 Å². The zero-order valence-corrected chi connectivity index (χ0v) is 20.2. The Morgan fingerprint density at radius 2 is 1.84 bits per heavy atom. The Morgan fingerprint density at radius 1 is 1.12 bits per heavy atom. The third-order valence-corrected chi connectivity index (χ3v) is 6.25. The molecule has 176 valence electrons. The van der Waals surface area contributed by atoms with Crippen molar-refractivity contribution in [2.45, 2.75) is 50.7 Å². The maximum Gasteiger partial charge on any atom is 0.241 e. The molecule has 0 bridgehead atoms. The zero-order chi connectivity index (χ0) is 23.6. The molecule has 0 spiro atoms. The Morgan fingerprint density at radius 3 is 2.47 bits per heavy atom. The summed E-state index contributed by atoms with van der Waals surface area (Å²) < 4.78 is 39.4. The molecule has 0 radical (unpaired) electrons. The number of sulfonamides is 1. The average Bonchev–Trinajstić information content (AvgIpc) is 2.74. The minimum Gasteiger partial charge on any atom is -0.492 e. The van der Waals surface area contributed by atoms with Crippen LogP contribution >= 0.6 is 11.6 Å². The first-order chi connectivity index (χ1) is 15.2. The van der Waals surface area contributed by atoms with Crippen molar-refractivity contribution in [3.8, 4) is 5.75 Å². The van der Waals surface area contributed by atoms with E-state index in [1.165, 1.54) is 18.2 Å². The van der Waals surface area contributed by atoms with Crippen LogP contribution in [0, 0.1) is 0 Å². The largest absolute Gasteiger partial charge is 0.492 e. The molecule has 0 saturated carbocycles. The highest BCUT2D eigenvalue weighted by molar-refractivity contribution is 7.89. The van der Waals surface area contributed by atoms with Gasteiger partial charge in [0.1, 0.15) is 11.8 Å². The number of rotatable bonds is 13. The van der Waals surface area contributed by atoms with Gasteiger partial charge in [0.15, 0.2) is 0 Å². The van der Waals surface area contributed by atoms with Crippen LogP contribution < -0.4 is 14.8 Å². The Balaban J connectivity index is 2.14. The van der Waals surface area contributed by atoms with Crippen LogP contribution in [0.3, 0.4) is 0 Å². The van der Waals surface area contributed by atoms with Gasteiger partial charge in [-0.2, -0.15) is 4.72 Å². The summed E-state index contributed by atoms with van der Waals surface area (Å²) in [5.74, 6) is -0.00526. The number of benzene rings is 2. The molecule has 1 amide bonds. The summed E-state index contributed by atoms with van der Waals surface area (Å²) in [6.07, 6.45) is 0.951. The van der Waals surface area contributed by atoms with Gasteiger partial charge in [0.2, 0.25) is 15.9 Å². The number of ether oxygens (including phenoxy) is 2. The van der Waals surface area contributed by atoms with Crippen molar-refractivity contribution in [1.82, 2.24) is 10.0 Å². The molecule has 1 unspecified atom stereocenters. The molecule has 2 aromatic rings. The van der Waals surface area contributed by atoms with E-state index in [0.717, 1.165) is 5.56 Å². The zero-order valence-electron chi connectivity index (χ0n) is 18.6. The summed E-state index contributed by atoms with van der Waals surface area (Å²) in [6, 6.07) is 12.5. The number of amides is 1. The molecular formula is C23H31ClN2O5S. The van der Waals surface area contributed by atoms with E-state index in [1.807, 2.05) is 51.1 Å². The lowest BCUT2D eigenvalue weighted by Gasteiger charge is -2.19. The van der Waals surface area contributed by atoms with E-state index in [2.05, 4.69) is 10.0 Å². The molecule has 2 rings (SSSR count). The first-order valence-electron chi connectivity index (χ1n) is 10.6. The van der Waals surface area contributed by atoms with Crippen molar-refractivity contribution in [1.29, 1.82) is 0 Å². The predicted molar refractivity (Wildman–Crippen MR) is 126 cm³/mol. The van der Waals surface area contributed by atoms with Gasteiger partial charge >= 0.3 is 0 Å². The second-order valence-corrected chi connectivity index (χ2v) is 9.57. The van der Waals surface area contributed by atoms with Crippen molar-refractivity contribution in [3.63, 3.8) is 0 Å². The van der Waals surface area contributed by atoms with Gasteiger partial charge in [-0.1, -0.05) is 41.9 Å². The second kappa shape index (κ2) is 12.8. The lowest BCUT2D eigenvalue weighted by atomic mass is 10.1. The lowest BCUT2D eigenvalue weighted by molar-refractivity contribution is -0.122. The van der Waals surface area contributed by atoms with Gasteiger partial charge in [0.05, 0.1) is 22.6 Å². The normalized spacial score (nSPS) is 12.5. The van der Waals surface area contributed by atoms with Gasteiger partial charge in [0.25, 0.3) is 0 Å². The third-order valence-electron chi connectivity index (χ3n) is 4.48. The number of halogens is 1. The first-order valence-corrected chi connectivity index (χ1v) is 12.5. The van der Waals surface area contributed by atoms with Crippen LogP contribution in [0.25, 0.3) is 0 Å². The van der Waals surface area contributed by atoms with E-state index in [9.17, 15) is 13.2 Å².